The second-order valence-corrected chi connectivity index (χ2v) is 12.9. The van der Waals surface area contributed by atoms with Gasteiger partial charge in [0.15, 0.2) is 5.65 Å². The van der Waals surface area contributed by atoms with Crippen LogP contribution in [-0.4, -0.2) is 50.5 Å². The van der Waals surface area contributed by atoms with Crippen molar-refractivity contribution in [2.75, 3.05) is 18.6 Å². The Hall–Kier alpha value is -3.28. The highest BCUT2D eigenvalue weighted by Gasteiger charge is 2.35. The van der Waals surface area contributed by atoms with E-state index in [1.807, 2.05) is 25.8 Å². The van der Waals surface area contributed by atoms with Crippen molar-refractivity contribution in [2.24, 2.45) is 5.92 Å². The molecule has 1 fully saturated rings. The van der Waals surface area contributed by atoms with Gasteiger partial charge in [-0.3, -0.25) is 4.18 Å². The molecule has 1 aliphatic rings. The molecule has 0 atom stereocenters. The van der Waals surface area contributed by atoms with E-state index in [2.05, 4.69) is 9.97 Å². The topological polar surface area (TPSA) is 111 Å². The van der Waals surface area contributed by atoms with E-state index in [0.717, 1.165) is 24.0 Å². The lowest BCUT2D eigenvalue weighted by Crippen LogP contribution is -2.44. The lowest BCUT2D eigenvalue weighted by Gasteiger charge is -2.41. The fourth-order valence-corrected chi connectivity index (χ4v) is 6.78. The summed E-state index contributed by atoms with van der Waals surface area (Å²) in [5.41, 5.74) is 2.26. The van der Waals surface area contributed by atoms with Gasteiger partial charge in [0.1, 0.15) is 12.1 Å². The quantitative estimate of drug-likeness (QED) is 0.309. The van der Waals surface area contributed by atoms with Gasteiger partial charge in [-0.25, -0.2) is 22.4 Å². The van der Waals surface area contributed by atoms with E-state index >= 15 is 0 Å². The Morgan fingerprint density at radius 1 is 0.892 bits per heavy atom. The molecule has 2 aromatic carbocycles. The van der Waals surface area contributed by atoms with E-state index in [4.69, 9.17) is 4.18 Å². The van der Waals surface area contributed by atoms with Crippen LogP contribution in [0.15, 0.2) is 76.9 Å². The first-order valence-electron chi connectivity index (χ1n) is 11.9. The van der Waals surface area contributed by atoms with Crippen molar-refractivity contribution in [3.05, 3.63) is 78.2 Å². The SMILES string of the molecule is Cc1ccc(S(=O)(=O)OCC2CC(N(C)c3ncnc4c3ccn4S(=O)(=O)c3ccc(C)cc3)C2)cc1. The lowest BCUT2D eigenvalue weighted by molar-refractivity contribution is 0.161. The predicted molar refractivity (Wildman–Crippen MR) is 141 cm³/mol. The van der Waals surface area contributed by atoms with Crippen LogP contribution < -0.4 is 4.90 Å². The van der Waals surface area contributed by atoms with Crippen LogP contribution in [0.4, 0.5) is 5.82 Å². The summed E-state index contributed by atoms with van der Waals surface area (Å²) < 4.78 is 57.9. The third-order valence-corrected chi connectivity index (χ3v) is 9.84. The molecule has 0 saturated heterocycles. The molecule has 194 valence electrons. The predicted octanol–water partition coefficient (Wildman–Crippen LogP) is 3.91. The fraction of sp³-hybridized carbons (Fsp3) is 0.308. The fourth-order valence-electron chi connectivity index (χ4n) is 4.50. The molecule has 0 N–H and O–H groups in total. The number of benzene rings is 2. The van der Waals surface area contributed by atoms with Crippen molar-refractivity contribution >= 4 is 37.0 Å². The summed E-state index contributed by atoms with van der Waals surface area (Å²) in [4.78, 5) is 11.0. The molecular weight excluding hydrogens is 512 g/mol. The Kier molecular flexibility index (Phi) is 6.55. The van der Waals surface area contributed by atoms with Gasteiger partial charge in [-0.1, -0.05) is 35.4 Å². The maximum Gasteiger partial charge on any atom is 0.296 e. The molecule has 11 heteroatoms. The average Bonchev–Trinajstić information content (AvgIpc) is 3.29. The highest BCUT2D eigenvalue weighted by molar-refractivity contribution is 7.90. The number of aryl methyl sites for hydroxylation is 2. The van der Waals surface area contributed by atoms with Crippen LogP contribution in [0.3, 0.4) is 0 Å². The molecular formula is C26H28N4O5S2. The highest BCUT2D eigenvalue weighted by atomic mass is 32.2. The summed E-state index contributed by atoms with van der Waals surface area (Å²) in [7, 11) is -5.71. The van der Waals surface area contributed by atoms with E-state index in [1.165, 1.54) is 16.5 Å². The normalized spacial score (nSPS) is 18.0. The Labute approximate surface area is 216 Å². The van der Waals surface area contributed by atoms with Gasteiger partial charge in [0.05, 0.1) is 21.8 Å². The Balaban J connectivity index is 1.28. The van der Waals surface area contributed by atoms with Gasteiger partial charge in [-0.2, -0.15) is 8.42 Å². The number of aromatic nitrogens is 3. The average molecular weight is 541 g/mol. The Bertz CT molecular complexity index is 1640. The van der Waals surface area contributed by atoms with Gasteiger partial charge in [-0.05, 0) is 62.9 Å². The molecule has 4 aromatic rings. The Morgan fingerprint density at radius 2 is 1.49 bits per heavy atom. The molecule has 1 aliphatic carbocycles. The number of rotatable bonds is 8. The van der Waals surface area contributed by atoms with Crippen LogP contribution in [-0.2, 0) is 24.3 Å². The summed E-state index contributed by atoms with van der Waals surface area (Å²) in [5, 5.41) is 0.627. The van der Waals surface area contributed by atoms with Crippen LogP contribution in [0, 0.1) is 19.8 Å². The number of hydrogen-bond acceptors (Lipinski definition) is 8. The molecule has 9 nitrogen and oxygen atoms in total. The first-order valence-corrected chi connectivity index (χ1v) is 14.7. The van der Waals surface area contributed by atoms with Gasteiger partial charge >= 0.3 is 0 Å². The maximum absolute atomic E-state index is 13.2. The minimum atomic E-state index is -3.81. The van der Waals surface area contributed by atoms with Crippen LogP contribution >= 0.6 is 0 Å². The van der Waals surface area contributed by atoms with Gasteiger partial charge in [0.25, 0.3) is 20.1 Å². The highest BCUT2D eigenvalue weighted by Crippen LogP contribution is 2.36. The van der Waals surface area contributed by atoms with E-state index in [0.29, 0.717) is 16.9 Å². The summed E-state index contributed by atoms with van der Waals surface area (Å²) >= 11 is 0. The van der Waals surface area contributed by atoms with Crippen molar-refractivity contribution in [1.29, 1.82) is 0 Å². The van der Waals surface area contributed by atoms with Crippen molar-refractivity contribution in [1.82, 2.24) is 13.9 Å². The van der Waals surface area contributed by atoms with E-state index in [-0.39, 0.29) is 28.4 Å². The smallest absolute Gasteiger partial charge is 0.296 e. The molecule has 0 radical (unpaired) electrons. The number of anilines is 1. The summed E-state index contributed by atoms with van der Waals surface area (Å²) in [6, 6.07) is 15.1. The molecule has 0 aliphatic heterocycles. The number of nitrogens with zero attached hydrogens (tertiary/aromatic N) is 4. The minimum Gasteiger partial charge on any atom is -0.356 e. The van der Waals surface area contributed by atoms with Crippen molar-refractivity contribution in [3.63, 3.8) is 0 Å². The molecule has 0 amide bonds. The first-order chi connectivity index (χ1) is 17.6. The largest absolute Gasteiger partial charge is 0.356 e. The maximum atomic E-state index is 13.2. The molecule has 1 saturated carbocycles. The van der Waals surface area contributed by atoms with E-state index in [1.54, 1.807) is 54.6 Å². The van der Waals surface area contributed by atoms with Gasteiger partial charge < -0.3 is 4.90 Å². The second kappa shape index (κ2) is 9.55. The zero-order valence-corrected chi connectivity index (χ0v) is 22.4. The zero-order chi connectivity index (χ0) is 26.4. The van der Waals surface area contributed by atoms with Crippen LogP contribution in [0.25, 0.3) is 11.0 Å². The first kappa shape index (κ1) is 25.4. The van der Waals surface area contributed by atoms with Crippen molar-refractivity contribution in [3.8, 4) is 0 Å². The Morgan fingerprint density at radius 3 is 2.11 bits per heavy atom. The van der Waals surface area contributed by atoms with Gasteiger partial charge in [0.2, 0.25) is 0 Å². The lowest BCUT2D eigenvalue weighted by atomic mass is 9.80. The van der Waals surface area contributed by atoms with E-state index < -0.39 is 20.1 Å². The van der Waals surface area contributed by atoms with Gasteiger partial charge in [0, 0.05) is 19.3 Å². The van der Waals surface area contributed by atoms with Crippen LogP contribution in [0.5, 0.6) is 0 Å². The molecule has 0 bridgehead atoms. The van der Waals surface area contributed by atoms with Crippen molar-refractivity contribution in [2.45, 2.75) is 42.5 Å². The molecule has 2 aromatic heterocycles. The number of hydrogen-bond donors (Lipinski definition) is 0. The summed E-state index contributed by atoms with van der Waals surface area (Å²) in [6.45, 7) is 3.91. The molecule has 0 spiro atoms. The van der Waals surface area contributed by atoms with Gasteiger partial charge in [-0.15, -0.1) is 0 Å². The number of fused-ring (bicyclic) bond motifs is 1. The zero-order valence-electron chi connectivity index (χ0n) is 20.8. The van der Waals surface area contributed by atoms with Crippen LogP contribution in [0.2, 0.25) is 0 Å². The third-order valence-electron chi connectivity index (χ3n) is 6.87. The monoisotopic (exact) mass is 540 g/mol. The third kappa shape index (κ3) is 4.86. The minimum absolute atomic E-state index is 0.0940. The summed E-state index contributed by atoms with van der Waals surface area (Å²) in [6.07, 6.45) is 4.32. The summed E-state index contributed by atoms with van der Waals surface area (Å²) in [5.74, 6) is 0.719. The molecule has 37 heavy (non-hydrogen) atoms. The molecule has 2 heterocycles. The standard InChI is InChI=1S/C26H28N4O5S2/c1-18-4-8-22(9-5-18)36(31,32)30-13-12-24-25(27-17-28-26(24)30)29(3)21-14-20(15-21)16-35-37(33,34)23-10-6-19(2)7-11-23/h4-13,17,20-21H,14-16H2,1-3H3. The van der Waals surface area contributed by atoms with E-state index in [9.17, 15) is 16.8 Å². The second-order valence-electron chi connectivity index (χ2n) is 9.52. The van der Waals surface area contributed by atoms with Crippen LogP contribution in [0.1, 0.15) is 24.0 Å². The van der Waals surface area contributed by atoms with Crippen molar-refractivity contribution < 1.29 is 21.0 Å². The molecule has 0 unspecified atom stereocenters. The molecule has 5 rings (SSSR count).